The number of rotatable bonds is 8. The molecule has 2 N–H and O–H groups in total. The quantitative estimate of drug-likeness (QED) is 0.396. The molecule has 160 valence electrons. The SMILES string of the molecule is O=C(N[C@@H](CCc1ccccc1)C(=O)Nc1nc(-c2ccccc2)cs1)c1ccccc1. The molecule has 1 heterocycles. The molecule has 0 aliphatic heterocycles. The number of thiazole rings is 1. The number of hydrogen-bond acceptors (Lipinski definition) is 4. The van der Waals surface area contributed by atoms with Crippen LogP contribution in [-0.2, 0) is 11.2 Å². The Morgan fingerprint density at radius 2 is 1.47 bits per heavy atom. The molecule has 0 aliphatic carbocycles. The van der Waals surface area contributed by atoms with E-state index in [0.29, 0.717) is 23.5 Å². The first-order chi connectivity index (χ1) is 15.7. The zero-order valence-corrected chi connectivity index (χ0v) is 18.2. The second-order valence-corrected chi connectivity index (χ2v) is 8.17. The van der Waals surface area contributed by atoms with Gasteiger partial charge in [0.1, 0.15) is 6.04 Å². The first kappa shape index (κ1) is 21.5. The third kappa shape index (κ3) is 5.68. The van der Waals surface area contributed by atoms with E-state index in [9.17, 15) is 9.59 Å². The van der Waals surface area contributed by atoms with Crippen LogP contribution in [0.1, 0.15) is 22.3 Å². The summed E-state index contributed by atoms with van der Waals surface area (Å²) in [5.74, 6) is -0.554. The van der Waals surface area contributed by atoms with Crippen LogP contribution in [0.3, 0.4) is 0 Å². The molecule has 0 bridgehead atoms. The molecule has 5 nitrogen and oxygen atoms in total. The average molecular weight is 442 g/mol. The van der Waals surface area contributed by atoms with E-state index in [0.717, 1.165) is 16.8 Å². The van der Waals surface area contributed by atoms with Gasteiger partial charge in [0.05, 0.1) is 5.69 Å². The highest BCUT2D eigenvalue weighted by Crippen LogP contribution is 2.24. The van der Waals surface area contributed by atoms with Crippen LogP contribution in [0.4, 0.5) is 5.13 Å². The van der Waals surface area contributed by atoms with Gasteiger partial charge in [0.2, 0.25) is 5.91 Å². The van der Waals surface area contributed by atoms with E-state index in [2.05, 4.69) is 15.6 Å². The molecule has 2 amide bonds. The Morgan fingerprint density at radius 1 is 0.844 bits per heavy atom. The van der Waals surface area contributed by atoms with Gasteiger partial charge in [-0.25, -0.2) is 4.98 Å². The zero-order chi connectivity index (χ0) is 22.2. The smallest absolute Gasteiger partial charge is 0.251 e. The average Bonchev–Trinajstić information content (AvgIpc) is 3.31. The molecule has 3 aromatic carbocycles. The predicted octanol–water partition coefficient (Wildman–Crippen LogP) is 5.18. The Balaban J connectivity index is 1.47. The molecular weight excluding hydrogens is 418 g/mol. The monoisotopic (exact) mass is 441 g/mol. The first-order valence-electron chi connectivity index (χ1n) is 10.4. The Hall–Kier alpha value is -3.77. The molecule has 0 fully saturated rings. The Kier molecular flexibility index (Phi) is 7.05. The lowest BCUT2D eigenvalue weighted by Crippen LogP contribution is -2.44. The van der Waals surface area contributed by atoms with Crippen molar-refractivity contribution in [1.29, 1.82) is 0 Å². The van der Waals surface area contributed by atoms with Gasteiger partial charge in [0.15, 0.2) is 5.13 Å². The number of nitrogens with zero attached hydrogens (tertiary/aromatic N) is 1. The fourth-order valence-corrected chi connectivity index (χ4v) is 4.04. The van der Waals surface area contributed by atoms with E-state index < -0.39 is 6.04 Å². The summed E-state index contributed by atoms with van der Waals surface area (Å²) in [7, 11) is 0. The van der Waals surface area contributed by atoms with Crippen LogP contribution in [0.5, 0.6) is 0 Å². The number of carbonyl (C=O) groups excluding carboxylic acids is 2. The fraction of sp³-hybridized carbons (Fsp3) is 0.115. The van der Waals surface area contributed by atoms with Gasteiger partial charge >= 0.3 is 0 Å². The van der Waals surface area contributed by atoms with E-state index in [1.165, 1.54) is 11.3 Å². The summed E-state index contributed by atoms with van der Waals surface area (Å²) >= 11 is 1.36. The molecule has 32 heavy (non-hydrogen) atoms. The molecule has 0 aliphatic rings. The predicted molar refractivity (Wildman–Crippen MR) is 129 cm³/mol. The lowest BCUT2D eigenvalue weighted by atomic mass is 10.0. The van der Waals surface area contributed by atoms with E-state index in [4.69, 9.17) is 0 Å². The molecule has 0 spiro atoms. The van der Waals surface area contributed by atoms with Crippen LogP contribution in [0.2, 0.25) is 0 Å². The van der Waals surface area contributed by atoms with Gasteiger partial charge in [-0.3, -0.25) is 9.59 Å². The van der Waals surface area contributed by atoms with E-state index >= 15 is 0 Å². The number of anilines is 1. The number of aryl methyl sites for hydroxylation is 1. The number of nitrogens with one attached hydrogen (secondary N) is 2. The summed E-state index contributed by atoms with van der Waals surface area (Å²) in [5.41, 5.74) is 3.42. The molecular formula is C26H23N3O2S. The van der Waals surface area contributed by atoms with E-state index in [-0.39, 0.29) is 11.8 Å². The van der Waals surface area contributed by atoms with Crippen molar-refractivity contribution in [3.63, 3.8) is 0 Å². The highest BCUT2D eigenvalue weighted by Gasteiger charge is 2.22. The summed E-state index contributed by atoms with van der Waals surface area (Å²) in [5, 5.41) is 8.18. The molecule has 0 saturated carbocycles. The van der Waals surface area contributed by atoms with Crippen LogP contribution in [0.25, 0.3) is 11.3 Å². The van der Waals surface area contributed by atoms with Crippen molar-refractivity contribution in [3.05, 3.63) is 108 Å². The Labute approximate surface area is 191 Å². The molecule has 4 rings (SSSR count). The number of benzene rings is 3. The Bertz CT molecular complexity index is 1160. The van der Waals surface area contributed by atoms with Gasteiger partial charge in [-0.05, 0) is 30.5 Å². The number of carbonyl (C=O) groups is 2. The summed E-state index contributed by atoms with van der Waals surface area (Å²) in [4.78, 5) is 30.3. The lowest BCUT2D eigenvalue weighted by Gasteiger charge is -2.18. The van der Waals surface area contributed by atoms with Crippen LogP contribution < -0.4 is 10.6 Å². The summed E-state index contributed by atoms with van der Waals surface area (Å²) in [6, 6.07) is 27.9. The maximum absolute atomic E-state index is 13.1. The van der Waals surface area contributed by atoms with Crippen molar-refractivity contribution in [3.8, 4) is 11.3 Å². The molecule has 4 aromatic rings. The molecule has 0 saturated heterocycles. The van der Waals surface area contributed by atoms with Crippen LogP contribution in [0.15, 0.2) is 96.4 Å². The zero-order valence-electron chi connectivity index (χ0n) is 17.4. The van der Waals surface area contributed by atoms with Gasteiger partial charge in [-0.2, -0.15) is 0 Å². The van der Waals surface area contributed by atoms with Gasteiger partial charge in [-0.1, -0.05) is 78.9 Å². The third-order valence-corrected chi connectivity index (χ3v) is 5.78. The van der Waals surface area contributed by atoms with Crippen molar-refractivity contribution < 1.29 is 9.59 Å². The first-order valence-corrected chi connectivity index (χ1v) is 11.3. The summed E-state index contributed by atoms with van der Waals surface area (Å²) in [6.45, 7) is 0. The maximum Gasteiger partial charge on any atom is 0.251 e. The second kappa shape index (κ2) is 10.5. The topological polar surface area (TPSA) is 71.1 Å². The van der Waals surface area contributed by atoms with Gasteiger partial charge in [0.25, 0.3) is 5.91 Å². The van der Waals surface area contributed by atoms with Crippen LogP contribution in [0, 0.1) is 0 Å². The molecule has 6 heteroatoms. The second-order valence-electron chi connectivity index (χ2n) is 7.31. The summed E-state index contributed by atoms with van der Waals surface area (Å²) in [6.07, 6.45) is 1.15. The normalized spacial score (nSPS) is 11.5. The van der Waals surface area contributed by atoms with Gasteiger partial charge < -0.3 is 10.6 Å². The third-order valence-electron chi connectivity index (χ3n) is 5.03. The van der Waals surface area contributed by atoms with Crippen LogP contribution >= 0.6 is 11.3 Å². The summed E-state index contributed by atoms with van der Waals surface area (Å²) < 4.78 is 0. The minimum Gasteiger partial charge on any atom is -0.340 e. The molecule has 0 unspecified atom stereocenters. The lowest BCUT2D eigenvalue weighted by molar-refractivity contribution is -0.118. The standard InChI is InChI=1S/C26H23N3O2S/c30-24(21-14-8-3-9-15-21)27-22(17-16-19-10-4-1-5-11-19)25(31)29-26-28-23(18-32-26)20-12-6-2-7-13-20/h1-15,18,22H,16-17H2,(H,27,30)(H,28,29,31)/t22-/m0/s1. The van der Waals surface area contributed by atoms with Crippen molar-refractivity contribution in [1.82, 2.24) is 10.3 Å². The minimum atomic E-state index is -0.688. The maximum atomic E-state index is 13.1. The number of aromatic nitrogens is 1. The fourth-order valence-electron chi connectivity index (χ4n) is 3.32. The number of amides is 2. The van der Waals surface area contributed by atoms with Crippen molar-refractivity contribution >= 4 is 28.3 Å². The largest absolute Gasteiger partial charge is 0.340 e. The minimum absolute atomic E-state index is 0.275. The van der Waals surface area contributed by atoms with E-state index in [1.807, 2.05) is 72.1 Å². The highest BCUT2D eigenvalue weighted by molar-refractivity contribution is 7.14. The number of hydrogen-bond donors (Lipinski definition) is 2. The molecule has 1 atom stereocenters. The molecule has 1 aromatic heterocycles. The Morgan fingerprint density at radius 3 is 2.16 bits per heavy atom. The van der Waals surface area contributed by atoms with E-state index in [1.54, 1.807) is 24.3 Å². The molecule has 0 radical (unpaired) electrons. The highest BCUT2D eigenvalue weighted by atomic mass is 32.1. The van der Waals surface area contributed by atoms with Gasteiger partial charge in [0, 0.05) is 16.5 Å². The van der Waals surface area contributed by atoms with Crippen LogP contribution in [-0.4, -0.2) is 22.8 Å². The van der Waals surface area contributed by atoms with Crippen molar-refractivity contribution in [2.45, 2.75) is 18.9 Å². The van der Waals surface area contributed by atoms with Crippen molar-refractivity contribution in [2.75, 3.05) is 5.32 Å². The van der Waals surface area contributed by atoms with Gasteiger partial charge in [-0.15, -0.1) is 11.3 Å². The van der Waals surface area contributed by atoms with Crippen molar-refractivity contribution in [2.24, 2.45) is 0 Å².